The van der Waals surface area contributed by atoms with Gasteiger partial charge < -0.3 is 20.0 Å². The first kappa shape index (κ1) is 28.0. The lowest BCUT2D eigenvalue weighted by molar-refractivity contribution is -0.135. The van der Waals surface area contributed by atoms with E-state index in [1.807, 2.05) is 4.90 Å². The molecule has 2 heterocycles. The number of amides is 2. The van der Waals surface area contributed by atoms with E-state index in [9.17, 15) is 9.59 Å². The van der Waals surface area contributed by atoms with Crippen LogP contribution < -0.4 is 10.2 Å². The Morgan fingerprint density at radius 3 is 2.51 bits per heavy atom. The van der Waals surface area contributed by atoms with Crippen LogP contribution in [0.25, 0.3) is 0 Å². The van der Waals surface area contributed by atoms with Gasteiger partial charge >= 0.3 is 0 Å². The highest BCUT2D eigenvalue weighted by Gasteiger charge is 2.30. The van der Waals surface area contributed by atoms with Crippen molar-refractivity contribution in [3.05, 3.63) is 11.2 Å². The van der Waals surface area contributed by atoms with E-state index in [4.69, 9.17) is 11.6 Å². The molecule has 0 spiro atoms. The molecule has 1 aliphatic heterocycles. The Morgan fingerprint density at radius 1 is 1.17 bits per heavy atom. The van der Waals surface area contributed by atoms with Gasteiger partial charge in [-0.2, -0.15) is 0 Å². The summed E-state index contributed by atoms with van der Waals surface area (Å²) in [7, 11) is 0. The van der Waals surface area contributed by atoms with Crippen LogP contribution in [0.15, 0.2) is 11.2 Å². The highest BCUT2D eigenvalue weighted by atomic mass is 35.5. The standard InChI is InChI=1S/C25H41ClN6O2S/c1-4-30(5-2)12-8-9-19(3)27-23(33)18-35-25-28-21(26)17-22(29-25)31-13-15-32(16-14-31)24(34)20-10-6-7-11-20/h17,19-20H,4-16,18H2,1-3H3,(H,27,33). The molecule has 1 aliphatic carbocycles. The maximum atomic E-state index is 12.7. The summed E-state index contributed by atoms with van der Waals surface area (Å²) in [5, 5.41) is 3.95. The fourth-order valence-electron chi connectivity index (χ4n) is 4.88. The second-order valence-electron chi connectivity index (χ2n) is 9.55. The number of nitrogens with zero attached hydrogens (tertiary/aromatic N) is 5. The number of nitrogens with one attached hydrogen (secondary N) is 1. The van der Waals surface area contributed by atoms with Gasteiger partial charge in [-0.3, -0.25) is 9.59 Å². The van der Waals surface area contributed by atoms with E-state index in [1.165, 1.54) is 24.6 Å². The molecule has 35 heavy (non-hydrogen) atoms. The zero-order valence-electron chi connectivity index (χ0n) is 21.5. The van der Waals surface area contributed by atoms with E-state index in [0.717, 1.165) is 64.2 Å². The summed E-state index contributed by atoms with van der Waals surface area (Å²) < 4.78 is 0. The van der Waals surface area contributed by atoms with Crippen molar-refractivity contribution >= 4 is 41.0 Å². The van der Waals surface area contributed by atoms with Gasteiger partial charge in [0.15, 0.2) is 5.16 Å². The third-order valence-electron chi connectivity index (χ3n) is 7.03. The SMILES string of the molecule is CCN(CC)CCCC(C)NC(=O)CSc1nc(Cl)cc(N2CCN(C(=O)C3CCCC3)CC2)n1. The van der Waals surface area contributed by atoms with E-state index in [2.05, 4.69) is 45.9 Å². The average molecular weight is 525 g/mol. The predicted molar refractivity (Wildman–Crippen MR) is 143 cm³/mol. The van der Waals surface area contributed by atoms with E-state index in [0.29, 0.717) is 29.3 Å². The molecule has 1 aromatic heterocycles. The Hall–Kier alpha value is -1.58. The Balaban J connectivity index is 1.43. The van der Waals surface area contributed by atoms with Gasteiger partial charge in [0, 0.05) is 44.2 Å². The van der Waals surface area contributed by atoms with Crippen molar-refractivity contribution < 1.29 is 9.59 Å². The molecule has 2 amide bonds. The number of thioether (sulfide) groups is 1. The minimum absolute atomic E-state index is 0.0190. The van der Waals surface area contributed by atoms with Crippen LogP contribution >= 0.6 is 23.4 Å². The van der Waals surface area contributed by atoms with Gasteiger partial charge in [-0.15, -0.1) is 0 Å². The fourth-order valence-corrected chi connectivity index (χ4v) is 5.77. The van der Waals surface area contributed by atoms with Crippen molar-refractivity contribution in [1.82, 2.24) is 25.1 Å². The maximum absolute atomic E-state index is 12.7. The molecule has 8 nitrogen and oxygen atoms in total. The van der Waals surface area contributed by atoms with Crippen LogP contribution in [0, 0.1) is 5.92 Å². The molecule has 2 aliphatic rings. The molecular formula is C25H41ClN6O2S. The minimum Gasteiger partial charge on any atom is -0.353 e. The number of halogens is 1. The van der Waals surface area contributed by atoms with Gasteiger partial charge in [0.1, 0.15) is 11.0 Å². The van der Waals surface area contributed by atoms with Crippen LogP contribution in [0.5, 0.6) is 0 Å². The number of carbonyl (C=O) groups excluding carboxylic acids is 2. The van der Waals surface area contributed by atoms with Crippen LogP contribution in [0.2, 0.25) is 5.15 Å². The van der Waals surface area contributed by atoms with Gasteiger partial charge in [0.05, 0.1) is 5.75 Å². The molecule has 1 atom stereocenters. The van der Waals surface area contributed by atoms with Crippen LogP contribution in [0.3, 0.4) is 0 Å². The molecule has 3 rings (SSSR count). The molecule has 1 unspecified atom stereocenters. The zero-order valence-corrected chi connectivity index (χ0v) is 23.0. The second kappa shape index (κ2) is 14.2. The lowest BCUT2D eigenvalue weighted by atomic mass is 10.1. The van der Waals surface area contributed by atoms with Crippen LogP contribution in [-0.4, -0.2) is 89.2 Å². The summed E-state index contributed by atoms with van der Waals surface area (Å²) in [5.41, 5.74) is 0. The fraction of sp³-hybridized carbons (Fsp3) is 0.760. The first-order chi connectivity index (χ1) is 16.9. The summed E-state index contributed by atoms with van der Waals surface area (Å²) in [4.78, 5) is 40.6. The minimum atomic E-state index is -0.0190. The van der Waals surface area contributed by atoms with Crippen molar-refractivity contribution in [1.29, 1.82) is 0 Å². The van der Waals surface area contributed by atoms with E-state index in [1.54, 1.807) is 6.07 Å². The second-order valence-corrected chi connectivity index (χ2v) is 10.9. The number of rotatable bonds is 12. The van der Waals surface area contributed by atoms with Crippen molar-refractivity contribution in [2.75, 3.05) is 56.5 Å². The number of piperazine rings is 1. The summed E-state index contributed by atoms with van der Waals surface area (Å²) in [6, 6.07) is 1.90. The topological polar surface area (TPSA) is 81.7 Å². The van der Waals surface area contributed by atoms with E-state index < -0.39 is 0 Å². The molecular weight excluding hydrogens is 484 g/mol. The largest absolute Gasteiger partial charge is 0.353 e. The summed E-state index contributed by atoms with van der Waals surface area (Å²) in [5.74, 6) is 1.52. The van der Waals surface area contributed by atoms with Gasteiger partial charge in [-0.05, 0) is 52.2 Å². The molecule has 10 heteroatoms. The normalized spacial score (nSPS) is 17.7. The molecule has 196 valence electrons. The molecule has 1 aromatic rings. The molecule has 1 saturated heterocycles. The maximum Gasteiger partial charge on any atom is 0.230 e. The molecule has 1 N–H and O–H groups in total. The number of aromatic nitrogens is 2. The molecule has 0 radical (unpaired) electrons. The predicted octanol–water partition coefficient (Wildman–Crippen LogP) is 3.69. The van der Waals surface area contributed by atoms with Crippen molar-refractivity contribution in [2.24, 2.45) is 5.92 Å². The Bertz CT molecular complexity index is 826. The average Bonchev–Trinajstić information content (AvgIpc) is 3.40. The lowest BCUT2D eigenvalue weighted by Gasteiger charge is -2.36. The monoisotopic (exact) mass is 524 g/mol. The van der Waals surface area contributed by atoms with Crippen LogP contribution in [0.1, 0.15) is 59.3 Å². The summed E-state index contributed by atoms with van der Waals surface area (Å²) in [6.45, 7) is 12.4. The number of hydrogen-bond acceptors (Lipinski definition) is 7. The first-order valence-corrected chi connectivity index (χ1v) is 14.5. The molecule has 2 fully saturated rings. The Morgan fingerprint density at radius 2 is 1.86 bits per heavy atom. The molecule has 0 bridgehead atoms. The third-order valence-corrected chi connectivity index (χ3v) is 8.07. The number of anilines is 1. The Kier molecular flexibility index (Phi) is 11.4. The van der Waals surface area contributed by atoms with Gasteiger partial charge in [0.2, 0.25) is 11.8 Å². The third kappa shape index (κ3) is 8.79. The van der Waals surface area contributed by atoms with Gasteiger partial charge in [-0.1, -0.05) is 50.1 Å². The van der Waals surface area contributed by atoms with Crippen LogP contribution in [-0.2, 0) is 9.59 Å². The molecule has 0 aromatic carbocycles. The van der Waals surface area contributed by atoms with E-state index in [-0.39, 0.29) is 23.6 Å². The van der Waals surface area contributed by atoms with E-state index >= 15 is 0 Å². The summed E-state index contributed by atoms with van der Waals surface area (Å²) >= 11 is 7.58. The van der Waals surface area contributed by atoms with Gasteiger partial charge in [0.25, 0.3) is 0 Å². The number of carbonyl (C=O) groups is 2. The highest BCUT2D eigenvalue weighted by Crippen LogP contribution is 2.28. The van der Waals surface area contributed by atoms with Gasteiger partial charge in [-0.25, -0.2) is 9.97 Å². The van der Waals surface area contributed by atoms with Crippen LogP contribution in [0.4, 0.5) is 5.82 Å². The smallest absolute Gasteiger partial charge is 0.230 e. The van der Waals surface area contributed by atoms with Crippen molar-refractivity contribution in [3.8, 4) is 0 Å². The van der Waals surface area contributed by atoms with Crippen molar-refractivity contribution in [3.63, 3.8) is 0 Å². The highest BCUT2D eigenvalue weighted by molar-refractivity contribution is 7.99. The molecule has 1 saturated carbocycles. The quantitative estimate of drug-likeness (QED) is 0.254. The lowest BCUT2D eigenvalue weighted by Crippen LogP contribution is -2.50. The Labute approximate surface area is 219 Å². The first-order valence-electron chi connectivity index (χ1n) is 13.1. The summed E-state index contributed by atoms with van der Waals surface area (Å²) in [6.07, 6.45) is 6.43. The van der Waals surface area contributed by atoms with Crippen molar-refractivity contribution in [2.45, 2.75) is 70.5 Å². The zero-order chi connectivity index (χ0) is 25.2. The number of hydrogen-bond donors (Lipinski definition) is 1.